The van der Waals surface area contributed by atoms with E-state index in [4.69, 9.17) is 5.73 Å². The fraction of sp³-hybridized carbons (Fsp3) is 1.00. The van der Waals surface area contributed by atoms with Crippen molar-refractivity contribution in [1.82, 2.24) is 5.32 Å². The summed E-state index contributed by atoms with van der Waals surface area (Å²) in [6, 6.07) is 0.798. The van der Waals surface area contributed by atoms with E-state index in [1.165, 1.54) is 38.5 Å². The van der Waals surface area contributed by atoms with Gasteiger partial charge in [-0.3, -0.25) is 0 Å². The molecule has 0 aliphatic heterocycles. The summed E-state index contributed by atoms with van der Waals surface area (Å²) < 4.78 is 0. The minimum absolute atomic E-state index is 0.798. The Kier molecular flexibility index (Phi) is 6.20. The molecule has 2 unspecified atom stereocenters. The van der Waals surface area contributed by atoms with Gasteiger partial charge in [0.1, 0.15) is 0 Å². The smallest absolute Gasteiger partial charge is 0.00697 e. The molecule has 0 heterocycles. The highest BCUT2D eigenvalue weighted by atomic mass is 14.9. The van der Waals surface area contributed by atoms with Crippen LogP contribution < -0.4 is 11.1 Å². The summed E-state index contributed by atoms with van der Waals surface area (Å²) in [6.07, 6.45) is 9.44. The summed E-state index contributed by atoms with van der Waals surface area (Å²) in [4.78, 5) is 0. The Morgan fingerprint density at radius 1 is 1.29 bits per heavy atom. The van der Waals surface area contributed by atoms with E-state index in [9.17, 15) is 0 Å². The topological polar surface area (TPSA) is 38.0 Å². The van der Waals surface area contributed by atoms with Gasteiger partial charge < -0.3 is 11.1 Å². The van der Waals surface area contributed by atoms with Crippen molar-refractivity contribution in [2.24, 2.45) is 11.7 Å². The van der Waals surface area contributed by atoms with Gasteiger partial charge in [0.25, 0.3) is 0 Å². The van der Waals surface area contributed by atoms with E-state index in [0.29, 0.717) is 0 Å². The highest BCUT2D eigenvalue weighted by molar-refractivity contribution is 4.77. The predicted octanol–water partition coefficient (Wildman–Crippen LogP) is 2.28. The molecule has 0 aromatic heterocycles. The van der Waals surface area contributed by atoms with Gasteiger partial charge in [0.15, 0.2) is 0 Å². The molecule has 0 aromatic carbocycles. The van der Waals surface area contributed by atoms with Crippen LogP contribution in [0.4, 0.5) is 0 Å². The highest BCUT2D eigenvalue weighted by Gasteiger charge is 2.19. The van der Waals surface area contributed by atoms with Crippen LogP contribution in [0.25, 0.3) is 0 Å². The van der Waals surface area contributed by atoms with E-state index in [2.05, 4.69) is 12.2 Å². The van der Waals surface area contributed by atoms with E-state index < -0.39 is 0 Å². The molecule has 0 spiro atoms. The lowest BCUT2D eigenvalue weighted by Crippen LogP contribution is -2.34. The fourth-order valence-corrected chi connectivity index (χ4v) is 2.42. The molecule has 14 heavy (non-hydrogen) atoms. The van der Waals surface area contributed by atoms with Crippen molar-refractivity contribution in [3.63, 3.8) is 0 Å². The molecule has 1 aliphatic carbocycles. The van der Waals surface area contributed by atoms with Crippen molar-refractivity contribution in [2.75, 3.05) is 13.1 Å². The monoisotopic (exact) mass is 198 g/mol. The number of hydrogen-bond acceptors (Lipinski definition) is 2. The normalized spacial score (nSPS) is 27.9. The first-order valence-electron chi connectivity index (χ1n) is 6.30. The number of hydrogen-bond donors (Lipinski definition) is 2. The standard InChI is InChI=1S/C12H26N2/c1-2-11-6-5-7-12(10-11)14-9-4-3-8-13/h11-12,14H,2-10,13H2,1H3. The lowest BCUT2D eigenvalue weighted by Gasteiger charge is -2.29. The Morgan fingerprint density at radius 2 is 2.14 bits per heavy atom. The molecule has 0 radical (unpaired) electrons. The van der Waals surface area contributed by atoms with Crippen LogP contribution in [-0.4, -0.2) is 19.1 Å². The third kappa shape index (κ3) is 4.43. The van der Waals surface area contributed by atoms with Gasteiger partial charge in [0.2, 0.25) is 0 Å². The summed E-state index contributed by atoms with van der Waals surface area (Å²) in [6.45, 7) is 4.32. The number of nitrogens with two attached hydrogens (primary N) is 1. The van der Waals surface area contributed by atoms with E-state index in [0.717, 1.165) is 31.5 Å². The lowest BCUT2D eigenvalue weighted by atomic mass is 9.84. The quantitative estimate of drug-likeness (QED) is 0.643. The van der Waals surface area contributed by atoms with Crippen LogP contribution in [0.15, 0.2) is 0 Å². The summed E-state index contributed by atoms with van der Waals surface area (Å²) in [7, 11) is 0. The molecule has 1 rings (SSSR count). The van der Waals surface area contributed by atoms with Gasteiger partial charge in [-0.2, -0.15) is 0 Å². The van der Waals surface area contributed by atoms with Gasteiger partial charge in [-0.05, 0) is 44.7 Å². The molecule has 2 atom stereocenters. The second kappa shape index (κ2) is 7.24. The maximum Gasteiger partial charge on any atom is 0.00697 e. The van der Waals surface area contributed by atoms with Gasteiger partial charge in [-0.25, -0.2) is 0 Å². The van der Waals surface area contributed by atoms with Gasteiger partial charge in [-0.1, -0.05) is 26.2 Å². The summed E-state index contributed by atoms with van der Waals surface area (Å²) in [5, 5.41) is 3.67. The van der Waals surface area contributed by atoms with E-state index in [1.807, 2.05) is 0 Å². The molecule has 1 fully saturated rings. The average molecular weight is 198 g/mol. The van der Waals surface area contributed by atoms with Crippen molar-refractivity contribution in [1.29, 1.82) is 0 Å². The summed E-state index contributed by atoms with van der Waals surface area (Å²) >= 11 is 0. The van der Waals surface area contributed by atoms with Gasteiger partial charge in [0.05, 0.1) is 0 Å². The minimum Gasteiger partial charge on any atom is -0.330 e. The molecule has 0 bridgehead atoms. The van der Waals surface area contributed by atoms with Crippen molar-refractivity contribution >= 4 is 0 Å². The molecule has 0 aromatic rings. The van der Waals surface area contributed by atoms with E-state index in [1.54, 1.807) is 0 Å². The summed E-state index contributed by atoms with van der Waals surface area (Å²) in [5.74, 6) is 0.982. The Hall–Kier alpha value is -0.0800. The molecule has 1 saturated carbocycles. The molecule has 84 valence electrons. The second-order valence-corrected chi connectivity index (χ2v) is 4.59. The van der Waals surface area contributed by atoms with E-state index in [-0.39, 0.29) is 0 Å². The third-order valence-corrected chi connectivity index (χ3v) is 3.42. The van der Waals surface area contributed by atoms with Crippen molar-refractivity contribution in [3.05, 3.63) is 0 Å². The Morgan fingerprint density at radius 3 is 2.86 bits per heavy atom. The van der Waals surface area contributed by atoms with Gasteiger partial charge in [0, 0.05) is 6.04 Å². The zero-order valence-electron chi connectivity index (χ0n) is 9.60. The molecular formula is C12H26N2. The maximum absolute atomic E-state index is 5.46. The highest BCUT2D eigenvalue weighted by Crippen LogP contribution is 2.26. The molecular weight excluding hydrogens is 172 g/mol. The van der Waals surface area contributed by atoms with Crippen LogP contribution in [-0.2, 0) is 0 Å². The first-order chi connectivity index (χ1) is 6.86. The summed E-state index contributed by atoms with van der Waals surface area (Å²) in [5.41, 5.74) is 5.46. The molecule has 2 nitrogen and oxygen atoms in total. The van der Waals surface area contributed by atoms with Crippen molar-refractivity contribution < 1.29 is 0 Å². The van der Waals surface area contributed by atoms with Gasteiger partial charge >= 0.3 is 0 Å². The van der Waals surface area contributed by atoms with Crippen LogP contribution >= 0.6 is 0 Å². The minimum atomic E-state index is 0.798. The number of nitrogens with one attached hydrogen (secondary N) is 1. The maximum atomic E-state index is 5.46. The fourth-order valence-electron chi connectivity index (χ4n) is 2.42. The first kappa shape index (κ1) is 12.0. The molecule has 0 amide bonds. The SMILES string of the molecule is CCC1CCCC(NCCCCN)C1. The zero-order valence-corrected chi connectivity index (χ0v) is 9.60. The van der Waals surface area contributed by atoms with Crippen LogP contribution in [0.5, 0.6) is 0 Å². The number of rotatable bonds is 6. The van der Waals surface area contributed by atoms with Crippen LogP contribution in [0, 0.1) is 5.92 Å². The van der Waals surface area contributed by atoms with Crippen molar-refractivity contribution in [2.45, 2.75) is 57.9 Å². The second-order valence-electron chi connectivity index (χ2n) is 4.59. The van der Waals surface area contributed by atoms with Gasteiger partial charge in [-0.15, -0.1) is 0 Å². The van der Waals surface area contributed by atoms with E-state index >= 15 is 0 Å². The molecule has 2 heteroatoms. The average Bonchev–Trinajstić information content (AvgIpc) is 2.25. The molecule has 3 N–H and O–H groups in total. The van der Waals surface area contributed by atoms with Crippen LogP contribution in [0.2, 0.25) is 0 Å². The Labute approximate surface area is 88.6 Å². The zero-order chi connectivity index (χ0) is 10.2. The van der Waals surface area contributed by atoms with Crippen LogP contribution in [0.1, 0.15) is 51.9 Å². The molecule has 1 aliphatic rings. The van der Waals surface area contributed by atoms with Crippen molar-refractivity contribution in [3.8, 4) is 0 Å². The Bertz CT molecular complexity index is 136. The largest absolute Gasteiger partial charge is 0.330 e. The lowest BCUT2D eigenvalue weighted by molar-refractivity contribution is 0.279. The van der Waals surface area contributed by atoms with Crippen LogP contribution in [0.3, 0.4) is 0 Å². The Balaban J connectivity index is 2.05. The molecule has 0 saturated heterocycles. The third-order valence-electron chi connectivity index (χ3n) is 3.42. The number of unbranched alkanes of at least 4 members (excludes halogenated alkanes) is 1. The predicted molar refractivity (Wildman–Crippen MR) is 62.3 cm³/mol. The first-order valence-corrected chi connectivity index (χ1v) is 6.30.